The molecular weight excluding hydrogens is 276 g/mol. The van der Waals surface area contributed by atoms with Crippen molar-refractivity contribution in [2.75, 3.05) is 0 Å². The summed E-state index contributed by atoms with van der Waals surface area (Å²) in [5.41, 5.74) is 1.43. The van der Waals surface area contributed by atoms with Crippen molar-refractivity contribution in [3.63, 3.8) is 0 Å². The molecule has 0 unspecified atom stereocenters. The molecule has 22 heavy (non-hydrogen) atoms. The third kappa shape index (κ3) is 2.19. The van der Waals surface area contributed by atoms with Gasteiger partial charge in [-0.2, -0.15) is 0 Å². The highest BCUT2D eigenvalue weighted by Gasteiger charge is 2.52. The van der Waals surface area contributed by atoms with E-state index in [4.69, 9.17) is 9.15 Å². The van der Waals surface area contributed by atoms with Crippen molar-refractivity contribution in [3.05, 3.63) is 72.0 Å². The summed E-state index contributed by atoms with van der Waals surface area (Å²) in [6.07, 6.45) is 1.71. The molecule has 0 atom stereocenters. The average molecular weight is 292 g/mol. The Hall–Kier alpha value is -2.55. The number of benzene rings is 2. The molecule has 4 rings (SSSR count). The Morgan fingerprint density at radius 1 is 1.05 bits per heavy atom. The van der Waals surface area contributed by atoms with E-state index in [2.05, 4.69) is 0 Å². The van der Waals surface area contributed by atoms with Gasteiger partial charge in [-0.3, -0.25) is 4.79 Å². The van der Waals surface area contributed by atoms with Gasteiger partial charge >= 0.3 is 5.97 Å². The van der Waals surface area contributed by atoms with Gasteiger partial charge in [0, 0.05) is 5.39 Å². The maximum absolute atomic E-state index is 12.5. The second-order valence-electron chi connectivity index (χ2n) is 5.77. The molecule has 3 nitrogen and oxygen atoms in total. The van der Waals surface area contributed by atoms with Gasteiger partial charge < -0.3 is 9.15 Å². The lowest BCUT2D eigenvalue weighted by Crippen LogP contribution is -2.22. The number of esters is 1. The lowest BCUT2D eigenvalue weighted by atomic mass is 9.96. The molecule has 1 saturated carbocycles. The van der Waals surface area contributed by atoms with Crippen LogP contribution in [0.2, 0.25) is 0 Å². The summed E-state index contributed by atoms with van der Waals surface area (Å²) in [5.74, 6) is 0.526. The van der Waals surface area contributed by atoms with E-state index >= 15 is 0 Å². The number of ether oxygens (including phenoxy) is 1. The number of hydrogen-bond acceptors (Lipinski definition) is 3. The number of para-hydroxylation sites is 1. The van der Waals surface area contributed by atoms with Gasteiger partial charge in [0.1, 0.15) is 18.0 Å². The van der Waals surface area contributed by atoms with E-state index in [0.717, 1.165) is 29.4 Å². The first kappa shape index (κ1) is 13.1. The van der Waals surface area contributed by atoms with Gasteiger partial charge in [-0.15, -0.1) is 0 Å². The first-order valence-electron chi connectivity index (χ1n) is 7.48. The maximum atomic E-state index is 12.5. The molecule has 3 heteroatoms. The predicted molar refractivity (Wildman–Crippen MR) is 83.4 cm³/mol. The Bertz CT molecular complexity index is 780. The molecule has 3 aromatic rings. The second-order valence-corrected chi connectivity index (χ2v) is 5.77. The SMILES string of the molecule is O=C(OCc1cc2ccccc2o1)C1(c2ccccc2)CC1. The van der Waals surface area contributed by atoms with Gasteiger partial charge in [-0.05, 0) is 30.5 Å². The zero-order valence-corrected chi connectivity index (χ0v) is 12.1. The summed E-state index contributed by atoms with van der Waals surface area (Å²) in [6.45, 7) is 0.183. The number of carbonyl (C=O) groups is 1. The van der Waals surface area contributed by atoms with Gasteiger partial charge in [-0.1, -0.05) is 48.5 Å². The Labute approximate surface area is 128 Å². The van der Waals surface area contributed by atoms with Crippen LogP contribution in [-0.4, -0.2) is 5.97 Å². The van der Waals surface area contributed by atoms with E-state index in [0.29, 0.717) is 5.76 Å². The zero-order chi connectivity index (χ0) is 15.0. The summed E-state index contributed by atoms with van der Waals surface area (Å²) in [6, 6.07) is 19.6. The van der Waals surface area contributed by atoms with Gasteiger partial charge in [0.2, 0.25) is 0 Å². The highest BCUT2D eigenvalue weighted by molar-refractivity contribution is 5.86. The fourth-order valence-electron chi connectivity index (χ4n) is 2.88. The van der Waals surface area contributed by atoms with Crippen LogP contribution in [0.4, 0.5) is 0 Å². The summed E-state index contributed by atoms with van der Waals surface area (Å²) in [4.78, 5) is 12.5. The number of rotatable bonds is 4. The number of hydrogen-bond donors (Lipinski definition) is 0. The molecule has 1 fully saturated rings. The molecule has 2 aromatic carbocycles. The Kier molecular flexibility index (Phi) is 3.00. The molecule has 1 aliphatic carbocycles. The second kappa shape index (κ2) is 5.02. The van der Waals surface area contributed by atoms with Crippen LogP contribution in [0.1, 0.15) is 24.2 Å². The third-order valence-electron chi connectivity index (χ3n) is 4.29. The number of carbonyl (C=O) groups excluding carboxylic acids is 1. The first-order valence-corrected chi connectivity index (χ1v) is 7.48. The molecule has 0 radical (unpaired) electrons. The quantitative estimate of drug-likeness (QED) is 0.676. The average Bonchev–Trinajstić information content (AvgIpc) is 3.27. The Morgan fingerprint density at radius 2 is 1.77 bits per heavy atom. The summed E-state index contributed by atoms with van der Waals surface area (Å²) >= 11 is 0. The van der Waals surface area contributed by atoms with E-state index in [9.17, 15) is 4.79 Å². The molecule has 110 valence electrons. The van der Waals surface area contributed by atoms with Crippen LogP contribution in [0.5, 0.6) is 0 Å². The van der Waals surface area contributed by atoms with E-state index in [1.165, 1.54) is 0 Å². The largest absolute Gasteiger partial charge is 0.457 e. The minimum atomic E-state index is -0.437. The van der Waals surface area contributed by atoms with Crippen LogP contribution in [0, 0.1) is 0 Å². The van der Waals surface area contributed by atoms with E-state index < -0.39 is 5.41 Å². The van der Waals surface area contributed by atoms with Crippen LogP contribution < -0.4 is 0 Å². The van der Waals surface area contributed by atoms with Crippen molar-refractivity contribution in [2.45, 2.75) is 24.9 Å². The van der Waals surface area contributed by atoms with Crippen molar-refractivity contribution in [1.82, 2.24) is 0 Å². The standard InChI is InChI=1S/C19H16O3/c20-18(19(10-11-19)15-7-2-1-3-8-15)21-13-16-12-14-6-4-5-9-17(14)22-16/h1-9,12H,10-11,13H2. The molecule has 0 N–H and O–H groups in total. The smallest absolute Gasteiger partial charge is 0.317 e. The molecule has 0 saturated heterocycles. The third-order valence-corrected chi connectivity index (χ3v) is 4.29. The van der Waals surface area contributed by atoms with E-state index in [1.807, 2.05) is 60.7 Å². The highest BCUT2D eigenvalue weighted by Crippen LogP contribution is 2.49. The van der Waals surface area contributed by atoms with Crippen molar-refractivity contribution >= 4 is 16.9 Å². The monoisotopic (exact) mass is 292 g/mol. The van der Waals surface area contributed by atoms with Crippen molar-refractivity contribution in [1.29, 1.82) is 0 Å². The zero-order valence-electron chi connectivity index (χ0n) is 12.1. The molecule has 1 aromatic heterocycles. The maximum Gasteiger partial charge on any atom is 0.317 e. The molecular formula is C19H16O3. The number of furan rings is 1. The Balaban J connectivity index is 1.48. The molecule has 1 heterocycles. The van der Waals surface area contributed by atoms with Crippen molar-refractivity contribution in [3.8, 4) is 0 Å². The van der Waals surface area contributed by atoms with Crippen LogP contribution >= 0.6 is 0 Å². The van der Waals surface area contributed by atoms with Crippen molar-refractivity contribution in [2.24, 2.45) is 0 Å². The van der Waals surface area contributed by atoms with Gasteiger partial charge in [0.15, 0.2) is 0 Å². The van der Waals surface area contributed by atoms with Crippen LogP contribution in [-0.2, 0) is 21.6 Å². The molecule has 0 amide bonds. The van der Waals surface area contributed by atoms with Crippen molar-refractivity contribution < 1.29 is 13.9 Å². The fraction of sp³-hybridized carbons (Fsp3) is 0.211. The lowest BCUT2D eigenvalue weighted by Gasteiger charge is -2.14. The van der Waals surface area contributed by atoms with E-state index in [1.54, 1.807) is 0 Å². The van der Waals surface area contributed by atoms with E-state index in [-0.39, 0.29) is 12.6 Å². The van der Waals surface area contributed by atoms with Crippen LogP contribution in [0.25, 0.3) is 11.0 Å². The highest BCUT2D eigenvalue weighted by atomic mass is 16.5. The molecule has 0 aliphatic heterocycles. The number of fused-ring (bicyclic) bond motifs is 1. The first-order chi connectivity index (χ1) is 10.8. The van der Waals surface area contributed by atoms with Gasteiger partial charge in [0.05, 0.1) is 5.41 Å². The van der Waals surface area contributed by atoms with Crippen LogP contribution in [0.3, 0.4) is 0 Å². The van der Waals surface area contributed by atoms with Crippen LogP contribution in [0.15, 0.2) is 65.1 Å². The summed E-state index contributed by atoms with van der Waals surface area (Å²) in [5, 5.41) is 1.03. The molecule has 0 spiro atoms. The minimum absolute atomic E-state index is 0.154. The summed E-state index contributed by atoms with van der Waals surface area (Å²) in [7, 11) is 0. The topological polar surface area (TPSA) is 39.4 Å². The summed E-state index contributed by atoms with van der Waals surface area (Å²) < 4.78 is 11.2. The normalized spacial score (nSPS) is 15.6. The minimum Gasteiger partial charge on any atom is -0.457 e. The van der Waals surface area contributed by atoms with Gasteiger partial charge in [-0.25, -0.2) is 0 Å². The Morgan fingerprint density at radius 3 is 2.50 bits per heavy atom. The molecule has 1 aliphatic rings. The van der Waals surface area contributed by atoms with Gasteiger partial charge in [0.25, 0.3) is 0 Å². The lowest BCUT2D eigenvalue weighted by molar-refractivity contribution is -0.148. The predicted octanol–water partition coefficient (Wildman–Crippen LogP) is 4.21. The fourth-order valence-corrected chi connectivity index (χ4v) is 2.88. The molecule has 0 bridgehead atoms.